The average Bonchev–Trinajstić information content (AvgIpc) is 2.40. The molecule has 2 heterocycles. The van der Waals surface area contributed by atoms with Gasteiger partial charge in [-0.2, -0.15) is 0 Å². The third-order valence-corrected chi connectivity index (χ3v) is 2.62. The van der Waals surface area contributed by atoms with Crippen LogP contribution in [0.1, 0.15) is 18.5 Å². The highest BCUT2D eigenvalue weighted by Gasteiger charge is 2.04. The van der Waals surface area contributed by atoms with Gasteiger partial charge in [0.1, 0.15) is 0 Å². The summed E-state index contributed by atoms with van der Waals surface area (Å²) in [5.41, 5.74) is 3.20. The van der Waals surface area contributed by atoms with E-state index in [1.54, 1.807) is 18.6 Å². The maximum atomic E-state index is 4.16. The Balaban J connectivity index is 2.10. The third-order valence-electron chi connectivity index (χ3n) is 2.62. The van der Waals surface area contributed by atoms with E-state index in [2.05, 4.69) is 27.5 Å². The van der Waals surface area contributed by atoms with E-state index in [0.717, 1.165) is 11.4 Å². The molecule has 0 saturated heterocycles. The van der Waals surface area contributed by atoms with Gasteiger partial charge in [0.05, 0.1) is 23.8 Å². The van der Waals surface area contributed by atoms with Crippen LogP contribution in [0, 0.1) is 0 Å². The number of nitrogens with zero attached hydrogens (tertiary/aromatic N) is 2. The predicted molar refractivity (Wildman–Crippen MR) is 70.1 cm³/mol. The molecule has 2 N–H and O–H groups in total. The van der Waals surface area contributed by atoms with Crippen molar-refractivity contribution in [3.63, 3.8) is 0 Å². The van der Waals surface area contributed by atoms with Crippen LogP contribution in [0.15, 0.2) is 43.0 Å². The predicted octanol–water partition coefficient (Wildman–Crippen LogP) is 2.69. The van der Waals surface area contributed by atoms with E-state index in [-0.39, 0.29) is 6.04 Å². The van der Waals surface area contributed by atoms with Crippen LogP contribution in [0.2, 0.25) is 0 Å². The second kappa shape index (κ2) is 5.30. The van der Waals surface area contributed by atoms with Crippen LogP contribution >= 0.6 is 0 Å². The third kappa shape index (κ3) is 2.93. The van der Waals surface area contributed by atoms with Crippen molar-refractivity contribution in [1.29, 1.82) is 0 Å². The lowest BCUT2D eigenvalue weighted by Crippen LogP contribution is -2.07. The van der Waals surface area contributed by atoms with E-state index in [1.807, 2.05) is 31.4 Å². The molecule has 1 unspecified atom stereocenters. The van der Waals surface area contributed by atoms with Crippen LogP contribution < -0.4 is 10.6 Å². The quantitative estimate of drug-likeness (QED) is 0.844. The van der Waals surface area contributed by atoms with Gasteiger partial charge in [0.25, 0.3) is 0 Å². The Morgan fingerprint density at radius 2 is 1.76 bits per heavy atom. The van der Waals surface area contributed by atoms with E-state index in [1.165, 1.54) is 5.56 Å². The zero-order chi connectivity index (χ0) is 12.1. The molecule has 0 spiro atoms. The minimum atomic E-state index is 0.229. The molecule has 1 atom stereocenters. The molecule has 0 aromatic carbocycles. The number of hydrogen-bond donors (Lipinski definition) is 2. The molecule has 2 rings (SSSR count). The number of nitrogens with one attached hydrogen (secondary N) is 2. The summed E-state index contributed by atoms with van der Waals surface area (Å²) < 4.78 is 0. The van der Waals surface area contributed by atoms with E-state index in [4.69, 9.17) is 0 Å². The lowest BCUT2D eigenvalue weighted by molar-refractivity contribution is 0.879. The standard InChI is InChI=1S/C13H16N4/c1-10(11-3-5-15-6-4-11)17-13-7-12(14-2)8-16-9-13/h3-10,14,17H,1-2H3. The zero-order valence-electron chi connectivity index (χ0n) is 10.0. The fraction of sp³-hybridized carbons (Fsp3) is 0.231. The number of anilines is 2. The molecule has 0 aliphatic heterocycles. The maximum absolute atomic E-state index is 4.16. The molecule has 2 aromatic rings. The average molecular weight is 228 g/mol. The number of hydrogen-bond acceptors (Lipinski definition) is 4. The van der Waals surface area contributed by atoms with Crippen molar-refractivity contribution in [1.82, 2.24) is 9.97 Å². The molecular formula is C13H16N4. The zero-order valence-corrected chi connectivity index (χ0v) is 10.0. The maximum Gasteiger partial charge on any atom is 0.0552 e. The Kier molecular flexibility index (Phi) is 3.55. The van der Waals surface area contributed by atoms with Crippen molar-refractivity contribution >= 4 is 11.4 Å². The molecule has 4 nitrogen and oxygen atoms in total. The van der Waals surface area contributed by atoms with Gasteiger partial charge in [0.2, 0.25) is 0 Å². The Morgan fingerprint density at radius 1 is 1.06 bits per heavy atom. The largest absolute Gasteiger partial charge is 0.387 e. The minimum absolute atomic E-state index is 0.229. The summed E-state index contributed by atoms with van der Waals surface area (Å²) in [6.45, 7) is 2.11. The molecule has 4 heteroatoms. The topological polar surface area (TPSA) is 49.8 Å². The van der Waals surface area contributed by atoms with Crippen LogP contribution in [-0.4, -0.2) is 17.0 Å². The summed E-state index contributed by atoms with van der Waals surface area (Å²) >= 11 is 0. The van der Waals surface area contributed by atoms with E-state index >= 15 is 0 Å². The van der Waals surface area contributed by atoms with Gasteiger partial charge in [-0.3, -0.25) is 9.97 Å². The minimum Gasteiger partial charge on any atom is -0.387 e. The van der Waals surface area contributed by atoms with Crippen molar-refractivity contribution in [3.8, 4) is 0 Å². The van der Waals surface area contributed by atoms with Crippen LogP contribution in [0.5, 0.6) is 0 Å². The van der Waals surface area contributed by atoms with Gasteiger partial charge in [-0.1, -0.05) is 0 Å². The highest BCUT2D eigenvalue weighted by Crippen LogP contribution is 2.19. The van der Waals surface area contributed by atoms with Crippen molar-refractivity contribution < 1.29 is 0 Å². The molecule has 2 aromatic heterocycles. The smallest absolute Gasteiger partial charge is 0.0552 e. The summed E-state index contributed by atoms with van der Waals surface area (Å²) in [4.78, 5) is 8.18. The first-order chi connectivity index (χ1) is 8.29. The first-order valence-electron chi connectivity index (χ1n) is 5.59. The van der Waals surface area contributed by atoms with Gasteiger partial charge in [-0.25, -0.2) is 0 Å². The van der Waals surface area contributed by atoms with Crippen molar-refractivity contribution in [2.24, 2.45) is 0 Å². The van der Waals surface area contributed by atoms with Crippen molar-refractivity contribution in [2.45, 2.75) is 13.0 Å². The highest BCUT2D eigenvalue weighted by atomic mass is 14.9. The molecule has 0 aliphatic rings. The fourth-order valence-electron chi connectivity index (χ4n) is 1.64. The van der Waals surface area contributed by atoms with Gasteiger partial charge < -0.3 is 10.6 Å². The molecular weight excluding hydrogens is 212 g/mol. The molecule has 0 radical (unpaired) electrons. The molecule has 0 aliphatic carbocycles. The molecule has 0 saturated carbocycles. The lowest BCUT2D eigenvalue weighted by Gasteiger charge is -2.15. The summed E-state index contributed by atoms with van der Waals surface area (Å²) in [6, 6.07) is 6.27. The SMILES string of the molecule is CNc1cncc(NC(C)c2ccncc2)c1. The molecule has 17 heavy (non-hydrogen) atoms. The fourth-order valence-corrected chi connectivity index (χ4v) is 1.64. The van der Waals surface area contributed by atoms with Gasteiger partial charge in [0.15, 0.2) is 0 Å². The second-order valence-corrected chi connectivity index (χ2v) is 3.86. The first-order valence-corrected chi connectivity index (χ1v) is 5.59. The Labute approximate surface area is 101 Å². The molecule has 0 fully saturated rings. The molecule has 0 amide bonds. The van der Waals surface area contributed by atoms with Crippen molar-refractivity contribution in [3.05, 3.63) is 48.5 Å². The highest BCUT2D eigenvalue weighted by molar-refractivity contribution is 5.54. The Bertz CT molecular complexity index is 470. The van der Waals surface area contributed by atoms with Gasteiger partial charge in [0, 0.05) is 25.5 Å². The van der Waals surface area contributed by atoms with E-state index in [0.29, 0.717) is 0 Å². The first kappa shape index (κ1) is 11.4. The van der Waals surface area contributed by atoms with Crippen LogP contribution in [0.3, 0.4) is 0 Å². The van der Waals surface area contributed by atoms with Crippen LogP contribution in [0.25, 0.3) is 0 Å². The molecule has 0 bridgehead atoms. The summed E-state index contributed by atoms with van der Waals surface area (Å²) in [5.74, 6) is 0. The number of rotatable bonds is 4. The number of aromatic nitrogens is 2. The lowest BCUT2D eigenvalue weighted by atomic mass is 10.1. The Morgan fingerprint density at radius 3 is 2.47 bits per heavy atom. The summed E-state index contributed by atoms with van der Waals surface area (Å²) in [6.07, 6.45) is 7.21. The van der Waals surface area contributed by atoms with Crippen LogP contribution in [-0.2, 0) is 0 Å². The molecule has 88 valence electrons. The number of pyridine rings is 2. The Hall–Kier alpha value is -2.10. The van der Waals surface area contributed by atoms with E-state index in [9.17, 15) is 0 Å². The summed E-state index contributed by atoms with van der Waals surface area (Å²) in [7, 11) is 1.88. The monoisotopic (exact) mass is 228 g/mol. The van der Waals surface area contributed by atoms with Crippen LogP contribution in [0.4, 0.5) is 11.4 Å². The van der Waals surface area contributed by atoms with Gasteiger partial charge in [-0.05, 0) is 30.7 Å². The second-order valence-electron chi connectivity index (χ2n) is 3.86. The normalized spacial score (nSPS) is 11.9. The van der Waals surface area contributed by atoms with Gasteiger partial charge in [-0.15, -0.1) is 0 Å². The summed E-state index contributed by atoms with van der Waals surface area (Å²) in [5, 5.41) is 6.47. The van der Waals surface area contributed by atoms with E-state index < -0.39 is 0 Å². The van der Waals surface area contributed by atoms with Gasteiger partial charge >= 0.3 is 0 Å². The van der Waals surface area contributed by atoms with Crippen molar-refractivity contribution in [2.75, 3.05) is 17.7 Å².